The van der Waals surface area contributed by atoms with E-state index in [-0.39, 0.29) is 49.8 Å². The fourth-order valence-electron chi connectivity index (χ4n) is 4.18. The van der Waals surface area contributed by atoms with Crippen molar-refractivity contribution in [2.24, 2.45) is 16.5 Å². The molecule has 0 saturated heterocycles. The van der Waals surface area contributed by atoms with Crippen molar-refractivity contribution < 1.29 is 80.7 Å². The van der Waals surface area contributed by atoms with Crippen LogP contribution in [-0.2, 0) is 65.3 Å². The van der Waals surface area contributed by atoms with Gasteiger partial charge in [0.25, 0.3) is 0 Å². The number of rotatable bonds is 27. The van der Waals surface area contributed by atoms with Gasteiger partial charge in [-0.2, -0.15) is 13.2 Å². The average Bonchev–Trinajstić information content (AvgIpc) is 3.57. The summed E-state index contributed by atoms with van der Waals surface area (Å²) in [7, 11) is 1.41. The molecule has 6 amide bonds. The number of ether oxygens (including phenoxy) is 3. The number of aliphatic imine (C=N–C) groups is 1. The van der Waals surface area contributed by atoms with Gasteiger partial charge in [0.05, 0.1) is 45.9 Å². The summed E-state index contributed by atoms with van der Waals surface area (Å²) in [5.41, 5.74) is 7.61. The normalized spacial score (nSPS) is 11.9. The van der Waals surface area contributed by atoms with Crippen LogP contribution in [0.15, 0.2) is 4.99 Å². The summed E-state index contributed by atoms with van der Waals surface area (Å²) >= 11 is 0. The molecule has 58 heavy (non-hydrogen) atoms. The number of nitrogens with two attached hydrogens (primary N) is 2. The smallest absolute Gasteiger partial charge is 0.435 e. The molecule has 1 aromatic heterocycles. The highest BCUT2D eigenvalue weighted by molar-refractivity contribution is 5.95. The van der Waals surface area contributed by atoms with Crippen molar-refractivity contribution in [1.29, 1.82) is 0 Å². The fourth-order valence-corrected chi connectivity index (χ4v) is 4.18. The van der Waals surface area contributed by atoms with E-state index in [4.69, 9.17) is 35.9 Å². The largest absolute Gasteiger partial charge is 0.481 e. The number of hydrogen-bond donors (Lipinski definition) is 10. The molecular weight excluding hydrogens is 797 g/mol. The summed E-state index contributed by atoms with van der Waals surface area (Å²) in [6.45, 7) is -4.72. The van der Waals surface area contributed by atoms with Crippen LogP contribution in [-0.4, -0.2) is 163 Å². The molecule has 2 atom stereocenters. The molecule has 0 aliphatic heterocycles. The third-order valence-corrected chi connectivity index (χ3v) is 6.74. The second kappa shape index (κ2) is 25.5. The maximum atomic E-state index is 13.8. The molecule has 0 aliphatic rings. The van der Waals surface area contributed by atoms with Crippen LogP contribution in [0.1, 0.15) is 35.4 Å². The number of aliphatic carboxylic acids is 2. The Hall–Kier alpha value is -6.65. The zero-order valence-corrected chi connectivity index (χ0v) is 30.7. The number of carbonyl (C=O) groups excluding carboxylic acids is 7. The lowest BCUT2D eigenvalue weighted by Gasteiger charge is -2.19. The van der Waals surface area contributed by atoms with E-state index in [1.807, 2.05) is 16.0 Å². The molecule has 324 valence electrons. The first-order valence-electron chi connectivity index (χ1n) is 16.7. The molecule has 0 fully saturated rings. The molecule has 1 unspecified atom stereocenters. The average molecular weight is 841 g/mol. The topological polar surface area (TPSA) is 389 Å². The van der Waals surface area contributed by atoms with E-state index in [0.29, 0.717) is 0 Å². The number of nitrogens with one attached hydrogen (secondary N) is 6. The highest BCUT2D eigenvalue weighted by Crippen LogP contribution is 2.31. The van der Waals surface area contributed by atoms with Gasteiger partial charge in [-0.25, -0.2) is 9.48 Å². The number of methoxy groups -OCH3 is 1. The molecule has 0 spiro atoms. The molecule has 12 N–H and O–H groups in total. The lowest BCUT2D eigenvalue weighted by molar-refractivity contribution is -0.145. The summed E-state index contributed by atoms with van der Waals surface area (Å²) in [5, 5.41) is 36.6. The van der Waals surface area contributed by atoms with Crippen LogP contribution in [0.5, 0.6) is 0 Å². The van der Waals surface area contributed by atoms with E-state index in [2.05, 4.69) is 31.3 Å². The molecule has 0 bridgehead atoms. The van der Waals surface area contributed by atoms with Crippen LogP contribution in [0.3, 0.4) is 0 Å². The first-order chi connectivity index (χ1) is 27.2. The summed E-state index contributed by atoms with van der Waals surface area (Å²) in [4.78, 5) is 112. The molecule has 0 radical (unpaired) electrons. The van der Waals surface area contributed by atoms with Gasteiger partial charge in [0.2, 0.25) is 41.1 Å². The number of aromatic nitrogens is 3. The van der Waals surface area contributed by atoms with E-state index in [9.17, 15) is 56.3 Å². The Balaban J connectivity index is 2.77. The number of carboxylic acid groups (broad SMARTS) is 2. The summed E-state index contributed by atoms with van der Waals surface area (Å²) in [5.74, 6) is -11.1. The Bertz CT molecular complexity index is 1650. The number of halogens is 3. The molecule has 0 aromatic carbocycles. The number of carbonyl (C=O) groups is 9. The second-order valence-corrected chi connectivity index (χ2v) is 11.4. The number of amides is 6. The molecule has 29 heteroatoms. The number of carboxylic acids is 2. The predicted molar refractivity (Wildman–Crippen MR) is 184 cm³/mol. The molecule has 1 heterocycles. The van der Waals surface area contributed by atoms with Crippen LogP contribution in [0.2, 0.25) is 0 Å². The molecule has 1 aromatic rings. The van der Waals surface area contributed by atoms with Crippen molar-refractivity contribution in [3.8, 4) is 0 Å². The van der Waals surface area contributed by atoms with Gasteiger partial charge in [-0.05, 0) is 12.8 Å². The first kappa shape index (κ1) is 49.4. The van der Waals surface area contributed by atoms with Gasteiger partial charge < -0.3 is 67.8 Å². The van der Waals surface area contributed by atoms with Gasteiger partial charge in [0.15, 0.2) is 11.7 Å². The maximum Gasteiger partial charge on any atom is 0.435 e. The van der Waals surface area contributed by atoms with Crippen LogP contribution in [0.4, 0.5) is 13.2 Å². The Labute approximate surface area is 325 Å². The summed E-state index contributed by atoms with van der Waals surface area (Å²) in [6.07, 6.45) is -6.18. The quantitative estimate of drug-likeness (QED) is 0.0171. The van der Waals surface area contributed by atoms with Crippen molar-refractivity contribution in [2.75, 3.05) is 66.3 Å². The number of esters is 1. The van der Waals surface area contributed by atoms with Crippen molar-refractivity contribution >= 4 is 59.3 Å². The van der Waals surface area contributed by atoms with Gasteiger partial charge in [0, 0.05) is 13.7 Å². The Morgan fingerprint density at radius 3 is 1.95 bits per heavy atom. The zero-order valence-electron chi connectivity index (χ0n) is 30.7. The number of guanidine groups is 1. The Morgan fingerprint density at radius 2 is 1.34 bits per heavy atom. The van der Waals surface area contributed by atoms with Crippen LogP contribution in [0.25, 0.3) is 0 Å². The minimum absolute atomic E-state index is 0.00317. The van der Waals surface area contributed by atoms with Gasteiger partial charge >= 0.3 is 24.1 Å². The third kappa shape index (κ3) is 20.3. The fraction of sp³-hybridized carbons (Fsp3) is 0.586. The van der Waals surface area contributed by atoms with Gasteiger partial charge in [-0.15, -0.1) is 5.10 Å². The van der Waals surface area contributed by atoms with Crippen molar-refractivity contribution in [3.63, 3.8) is 0 Å². The van der Waals surface area contributed by atoms with E-state index < -0.39 is 129 Å². The maximum absolute atomic E-state index is 13.8. The van der Waals surface area contributed by atoms with Crippen LogP contribution in [0, 0.1) is 0 Å². The molecular formula is C29H43F3N12O14. The second-order valence-electron chi connectivity index (χ2n) is 11.4. The summed E-state index contributed by atoms with van der Waals surface area (Å²) in [6, 6.07) is -3.10. The highest BCUT2D eigenvalue weighted by atomic mass is 19.4. The predicted octanol–water partition coefficient (Wildman–Crippen LogP) is -5.84. The lowest BCUT2D eigenvalue weighted by atomic mass is 10.1. The van der Waals surface area contributed by atoms with Crippen LogP contribution < -0.4 is 43.4 Å². The van der Waals surface area contributed by atoms with E-state index in [1.165, 1.54) is 7.11 Å². The van der Waals surface area contributed by atoms with Crippen LogP contribution >= 0.6 is 0 Å². The summed E-state index contributed by atoms with van der Waals surface area (Å²) < 4.78 is 55.9. The van der Waals surface area contributed by atoms with Crippen molar-refractivity contribution in [2.45, 2.75) is 44.1 Å². The van der Waals surface area contributed by atoms with Crippen molar-refractivity contribution in [1.82, 2.24) is 46.9 Å². The van der Waals surface area contributed by atoms with Crippen molar-refractivity contribution in [3.05, 3.63) is 11.4 Å². The third-order valence-electron chi connectivity index (χ3n) is 6.74. The number of nitrogens with zero attached hydrogens (tertiary/aromatic N) is 4. The zero-order chi connectivity index (χ0) is 43.8. The molecule has 26 nitrogen and oxygen atoms in total. The monoisotopic (exact) mass is 840 g/mol. The Kier molecular flexibility index (Phi) is 21.7. The van der Waals surface area contributed by atoms with E-state index in [0.717, 1.165) is 0 Å². The molecule has 0 saturated carbocycles. The van der Waals surface area contributed by atoms with E-state index >= 15 is 0 Å². The first-order valence-corrected chi connectivity index (χ1v) is 16.7. The molecule has 0 aliphatic carbocycles. The molecule has 1 rings (SSSR count). The SMILES string of the molecule is COCCOCCOC(=O)c1nnn(CC(=O)NCC(=O)NCC(=O)N[C@@H](CCCN=C(N)N)C(=O)NCC(=O)NC(CC(=O)O)C(=O)NCC(=O)O)c1C(F)(F)F. The minimum atomic E-state index is -5.21. The van der Waals surface area contributed by atoms with Gasteiger partial charge in [0.1, 0.15) is 31.8 Å². The number of alkyl halides is 3. The van der Waals surface area contributed by atoms with E-state index in [1.54, 1.807) is 0 Å². The standard InChI is InChI=1S/C29H43F3N12O14/c1-56-5-6-57-7-8-58-27(55)23-24(29(30,31)32)44(43-42-23)14-20(48)37-10-17(45)36-11-18(46)40-15(3-2-4-35-28(33)34)25(53)38-12-19(47)41-16(9-21(49)50)26(54)39-13-22(51)52/h15-16H,2-14H2,1H3,(H,36,45)(H,37,48)(H,38,53)(H,39,54)(H,40,46)(H,41,47)(H,49,50)(H,51,52)(H4,33,34,35)/t15-,16?/m0/s1. The lowest BCUT2D eigenvalue weighted by Crippen LogP contribution is -2.53. The number of hydrogen-bond acceptors (Lipinski definition) is 15. The van der Waals surface area contributed by atoms with Gasteiger partial charge in [-0.1, -0.05) is 5.21 Å². The minimum Gasteiger partial charge on any atom is -0.481 e. The van der Waals surface area contributed by atoms with Gasteiger partial charge in [-0.3, -0.25) is 43.3 Å². The highest BCUT2D eigenvalue weighted by Gasteiger charge is 2.42. The Morgan fingerprint density at radius 1 is 0.776 bits per heavy atom.